The van der Waals surface area contributed by atoms with E-state index in [-0.39, 0.29) is 0 Å². The normalized spacial score (nSPS) is 22.2. The fourth-order valence-electron chi connectivity index (χ4n) is 2.24. The summed E-state index contributed by atoms with van der Waals surface area (Å²) in [6.07, 6.45) is 3.97. The van der Waals surface area contributed by atoms with Crippen molar-refractivity contribution in [2.24, 2.45) is 0 Å². The highest BCUT2D eigenvalue weighted by molar-refractivity contribution is 5.13. The van der Waals surface area contributed by atoms with Gasteiger partial charge >= 0.3 is 0 Å². The van der Waals surface area contributed by atoms with Crippen LogP contribution in [0, 0.1) is 0 Å². The Morgan fingerprint density at radius 2 is 2.06 bits per heavy atom. The van der Waals surface area contributed by atoms with Crippen LogP contribution in [0.1, 0.15) is 24.8 Å². The maximum Gasteiger partial charge on any atom is 0.0717 e. The highest BCUT2D eigenvalue weighted by atomic mass is 16.5. The molecule has 0 spiro atoms. The molecule has 88 valence electrons. The van der Waals surface area contributed by atoms with Crippen molar-refractivity contribution in [1.29, 1.82) is 0 Å². The van der Waals surface area contributed by atoms with Gasteiger partial charge in [-0.15, -0.1) is 0 Å². The van der Waals surface area contributed by atoms with Crippen molar-refractivity contribution in [3.63, 3.8) is 0 Å². The van der Waals surface area contributed by atoms with Crippen LogP contribution in [-0.4, -0.2) is 31.1 Å². The Balaban J connectivity index is 1.71. The summed E-state index contributed by atoms with van der Waals surface area (Å²) < 4.78 is 5.79. The third-order valence-electron chi connectivity index (χ3n) is 3.34. The highest BCUT2D eigenvalue weighted by Gasteiger charge is 2.18. The number of nitrogens with zero attached hydrogens (tertiary/aromatic N) is 1. The van der Waals surface area contributed by atoms with Gasteiger partial charge in [0.15, 0.2) is 0 Å². The van der Waals surface area contributed by atoms with Crippen LogP contribution in [0.5, 0.6) is 0 Å². The molecule has 0 radical (unpaired) electrons. The minimum atomic E-state index is 0.623. The number of rotatable bonds is 4. The fourth-order valence-corrected chi connectivity index (χ4v) is 2.24. The zero-order chi connectivity index (χ0) is 11.2. The summed E-state index contributed by atoms with van der Waals surface area (Å²) in [6, 6.07) is 11.0. The van der Waals surface area contributed by atoms with E-state index in [9.17, 15) is 0 Å². The molecule has 2 heteroatoms. The van der Waals surface area contributed by atoms with Crippen molar-refractivity contribution in [3.8, 4) is 0 Å². The van der Waals surface area contributed by atoms with E-state index in [1.807, 2.05) is 6.07 Å². The van der Waals surface area contributed by atoms with Gasteiger partial charge < -0.3 is 9.64 Å². The van der Waals surface area contributed by atoms with Gasteiger partial charge in [0.25, 0.3) is 0 Å². The molecule has 0 bridgehead atoms. The van der Waals surface area contributed by atoms with Crippen LogP contribution in [0.15, 0.2) is 30.3 Å². The van der Waals surface area contributed by atoms with Crippen LogP contribution in [0.25, 0.3) is 0 Å². The van der Waals surface area contributed by atoms with Crippen LogP contribution in [0.2, 0.25) is 0 Å². The van der Waals surface area contributed by atoms with Crippen molar-refractivity contribution in [2.75, 3.05) is 20.2 Å². The van der Waals surface area contributed by atoms with Crippen LogP contribution >= 0.6 is 0 Å². The lowest BCUT2D eigenvalue weighted by molar-refractivity contribution is 0.0444. The summed E-state index contributed by atoms with van der Waals surface area (Å²) >= 11 is 0. The fraction of sp³-hybridized carbons (Fsp3) is 0.571. The molecule has 1 aliphatic rings. The van der Waals surface area contributed by atoms with Gasteiger partial charge in [-0.2, -0.15) is 0 Å². The number of benzene rings is 1. The summed E-state index contributed by atoms with van der Waals surface area (Å²) in [7, 11) is 2.20. The Hall–Kier alpha value is -0.860. The average Bonchev–Trinajstić information content (AvgIpc) is 2.33. The number of ether oxygens (including phenoxy) is 1. The predicted octanol–water partition coefficient (Wildman–Crippen LogP) is 2.69. The van der Waals surface area contributed by atoms with Crippen molar-refractivity contribution in [2.45, 2.75) is 31.9 Å². The SMILES string of the molecule is CN1CCCCC1COCc1ccccc1. The molecule has 1 unspecified atom stereocenters. The third-order valence-corrected chi connectivity index (χ3v) is 3.34. The summed E-state index contributed by atoms with van der Waals surface area (Å²) in [5, 5.41) is 0. The first-order valence-electron chi connectivity index (χ1n) is 6.18. The molecule has 0 aromatic heterocycles. The largest absolute Gasteiger partial charge is 0.375 e. The van der Waals surface area contributed by atoms with E-state index in [0.29, 0.717) is 6.04 Å². The van der Waals surface area contributed by atoms with E-state index in [1.165, 1.54) is 31.4 Å². The van der Waals surface area contributed by atoms with Crippen molar-refractivity contribution in [3.05, 3.63) is 35.9 Å². The van der Waals surface area contributed by atoms with Crippen molar-refractivity contribution in [1.82, 2.24) is 4.90 Å². The van der Waals surface area contributed by atoms with Gasteiger partial charge in [0.1, 0.15) is 0 Å². The van der Waals surface area contributed by atoms with Gasteiger partial charge in [-0.1, -0.05) is 36.8 Å². The zero-order valence-corrected chi connectivity index (χ0v) is 10.1. The molecular weight excluding hydrogens is 198 g/mol. The van der Waals surface area contributed by atoms with Gasteiger partial charge in [0.2, 0.25) is 0 Å². The number of hydrogen-bond acceptors (Lipinski definition) is 2. The van der Waals surface area contributed by atoms with Crippen molar-refractivity contribution >= 4 is 0 Å². The topological polar surface area (TPSA) is 12.5 Å². The molecule has 0 aliphatic carbocycles. The first-order chi connectivity index (χ1) is 7.86. The highest BCUT2D eigenvalue weighted by Crippen LogP contribution is 2.15. The smallest absolute Gasteiger partial charge is 0.0717 e. The quantitative estimate of drug-likeness (QED) is 0.772. The minimum absolute atomic E-state index is 0.623. The third kappa shape index (κ3) is 3.32. The maximum atomic E-state index is 5.79. The van der Waals surface area contributed by atoms with Gasteiger partial charge in [-0.25, -0.2) is 0 Å². The summed E-state index contributed by atoms with van der Waals surface area (Å²) in [5.74, 6) is 0. The van der Waals surface area contributed by atoms with E-state index < -0.39 is 0 Å². The van der Waals surface area contributed by atoms with Gasteiger partial charge in [-0.3, -0.25) is 0 Å². The predicted molar refractivity (Wildman–Crippen MR) is 66.4 cm³/mol. The second-order valence-corrected chi connectivity index (χ2v) is 4.63. The standard InChI is InChI=1S/C14H21NO/c1-15-10-6-5-9-14(15)12-16-11-13-7-3-2-4-8-13/h2-4,7-8,14H,5-6,9-12H2,1H3. The molecule has 1 aliphatic heterocycles. The van der Waals surface area contributed by atoms with Gasteiger partial charge in [-0.05, 0) is 32.0 Å². The second kappa shape index (κ2) is 6.02. The minimum Gasteiger partial charge on any atom is -0.375 e. The number of likely N-dealkylation sites (N-methyl/N-ethyl adjacent to an activating group) is 1. The molecule has 1 fully saturated rings. The first kappa shape index (κ1) is 11.6. The molecule has 2 rings (SSSR count). The van der Waals surface area contributed by atoms with Crippen LogP contribution in [-0.2, 0) is 11.3 Å². The van der Waals surface area contributed by atoms with E-state index in [4.69, 9.17) is 4.74 Å². The van der Waals surface area contributed by atoms with Gasteiger partial charge in [0.05, 0.1) is 13.2 Å². The molecular formula is C14H21NO. The molecule has 1 heterocycles. The molecule has 1 saturated heterocycles. The molecule has 1 aromatic rings. The lowest BCUT2D eigenvalue weighted by Gasteiger charge is -2.32. The van der Waals surface area contributed by atoms with E-state index in [0.717, 1.165) is 13.2 Å². The lowest BCUT2D eigenvalue weighted by atomic mass is 10.0. The summed E-state index contributed by atoms with van der Waals surface area (Å²) in [4.78, 5) is 2.43. The van der Waals surface area contributed by atoms with E-state index >= 15 is 0 Å². The summed E-state index contributed by atoms with van der Waals surface area (Å²) in [6.45, 7) is 2.83. The molecule has 0 saturated carbocycles. The molecule has 1 atom stereocenters. The molecule has 0 amide bonds. The summed E-state index contributed by atoms with van der Waals surface area (Å²) in [5.41, 5.74) is 1.26. The Morgan fingerprint density at radius 1 is 1.25 bits per heavy atom. The van der Waals surface area contributed by atoms with Crippen LogP contribution in [0.3, 0.4) is 0 Å². The molecule has 1 aromatic carbocycles. The van der Waals surface area contributed by atoms with Crippen molar-refractivity contribution < 1.29 is 4.74 Å². The Kier molecular flexibility index (Phi) is 4.37. The Morgan fingerprint density at radius 3 is 2.81 bits per heavy atom. The Labute approximate surface area is 98.2 Å². The molecule has 2 nitrogen and oxygen atoms in total. The Bertz CT molecular complexity index is 299. The van der Waals surface area contributed by atoms with Crippen LogP contribution < -0.4 is 0 Å². The number of hydrogen-bond donors (Lipinski definition) is 0. The van der Waals surface area contributed by atoms with Crippen LogP contribution in [0.4, 0.5) is 0 Å². The van der Waals surface area contributed by atoms with Gasteiger partial charge in [0, 0.05) is 6.04 Å². The molecule has 0 N–H and O–H groups in total. The maximum absolute atomic E-state index is 5.79. The van der Waals surface area contributed by atoms with E-state index in [1.54, 1.807) is 0 Å². The monoisotopic (exact) mass is 219 g/mol. The first-order valence-corrected chi connectivity index (χ1v) is 6.18. The molecule has 16 heavy (non-hydrogen) atoms. The lowest BCUT2D eigenvalue weighted by Crippen LogP contribution is -2.39. The average molecular weight is 219 g/mol. The second-order valence-electron chi connectivity index (χ2n) is 4.63. The van der Waals surface area contributed by atoms with E-state index in [2.05, 4.69) is 36.2 Å². The number of piperidine rings is 1. The number of likely N-dealkylation sites (tertiary alicyclic amines) is 1. The zero-order valence-electron chi connectivity index (χ0n) is 10.1.